The molecule has 0 aromatic carbocycles. The summed E-state index contributed by atoms with van der Waals surface area (Å²) in [4.78, 5) is 17.8. The van der Waals surface area contributed by atoms with Crippen molar-refractivity contribution >= 4 is 10.1 Å². The molecular formula is C11H16N2O4Zn. The second kappa shape index (κ2) is 7.26. The Morgan fingerprint density at radius 2 is 1.83 bits per heavy atom. The van der Waals surface area contributed by atoms with Gasteiger partial charge >= 0.3 is 74.2 Å². The molecule has 0 amide bonds. The molecule has 1 rings (SSSR count). The van der Waals surface area contributed by atoms with E-state index in [0.717, 1.165) is 22.5 Å². The van der Waals surface area contributed by atoms with Gasteiger partial charge in [-0.1, -0.05) is 20.8 Å². The van der Waals surface area contributed by atoms with Gasteiger partial charge in [0.05, 0.1) is 0 Å². The molecule has 0 fully saturated rings. The number of aromatic nitrogens is 2. The summed E-state index contributed by atoms with van der Waals surface area (Å²) in [6, 6.07) is 0.346. The number of carbonyl (C=O) groups excluding carboxylic acids is 1. The molecule has 0 saturated heterocycles. The van der Waals surface area contributed by atoms with E-state index >= 15 is 0 Å². The standard InChI is InChI=1S/C6H7N2O2.C5H10O2.Zn/c1-9-5-3-4-7-6(8-5)10-2;1-5(2,3)4(6)7;/h4H,1-2H3;1-3H3,(H,6,7);/q;;+1/p-1. The quantitative estimate of drug-likeness (QED) is 0.682. The van der Waals surface area contributed by atoms with Crippen molar-refractivity contribution in [1.29, 1.82) is 0 Å². The van der Waals surface area contributed by atoms with Crippen molar-refractivity contribution in [2.45, 2.75) is 20.8 Å². The molecule has 0 aliphatic heterocycles. The molecule has 96 valence electrons. The first-order valence-corrected chi connectivity index (χ1v) is 6.69. The van der Waals surface area contributed by atoms with Crippen LogP contribution in [0.1, 0.15) is 20.8 Å². The Hall–Kier alpha value is -1.23. The van der Waals surface area contributed by atoms with Gasteiger partial charge in [0.1, 0.15) is 0 Å². The number of aliphatic carboxylic acids is 1. The second-order valence-electron chi connectivity index (χ2n) is 4.43. The van der Waals surface area contributed by atoms with E-state index in [4.69, 9.17) is 9.47 Å². The predicted octanol–water partition coefficient (Wildman–Crippen LogP) is -0.552. The average molecular weight is 306 g/mol. The van der Waals surface area contributed by atoms with E-state index in [1.165, 1.54) is 7.11 Å². The first-order chi connectivity index (χ1) is 8.22. The Bertz CT molecular complexity index is 405. The minimum atomic E-state index is -1.01. The number of hydrogen-bond acceptors (Lipinski definition) is 6. The van der Waals surface area contributed by atoms with Crippen molar-refractivity contribution in [2.75, 3.05) is 14.2 Å². The Morgan fingerprint density at radius 1 is 1.33 bits per heavy atom. The van der Waals surface area contributed by atoms with Gasteiger partial charge in [0.15, 0.2) is 0 Å². The summed E-state index contributed by atoms with van der Waals surface area (Å²) in [6.45, 7) is 4.80. The molecule has 0 unspecified atom stereocenters. The topological polar surface area (TPSA) is 84.4 Å². The van der Waals surface area contributed by atoms with Crippen LogP contribution >= 0.6 is 0 Å². The van der Waals surface area contributed by atoms with Gasteiger partial charge in [-0.2, -0.15) is 0 Å². The minimum absolute atomic E-state index is 0.346. The number of carboxylic acids is 1. The molecule has 1 aromatic rings. The number of methoxy groups -OCH3 is 2. The van der Waals surface area contributed by atoms with E-state index < -0.39 is 11.4 Å². The zero-order valence-corrected chi connectivity index (χ0v) is 14.3. The van der Waals surface area contributed by atoms with Crippen molar-refractivity contribution in [2.24, 2.45) is 5.41 Å². The number of hydrogen-bond donors (Lipinski definition) is 0. The number of rotatable bonds is 2. The molecule has 6 nitrogen and oxygen atoms in total. The van der Waals surface area contributed by atoms with Crippen LogP contribution in [0.4, 0.5) is 0 Å². The zero-order chi connectivity index (χ0) is 14.3. The summed E-state index contributed by atoms with van der Waals surface area (Å²) in [5.41, 5.74) is -0.694. The summed E-state index contributed by atoms with van der Waals surface area (Å²) in [7, 11) is 3.11. The van der Waals surface area contributed by atoms with Gasteiger partial charge < -0.3 is 9.90 Å². The number of nitrogens with zero attached hydrogens (tertiary/aromatic N) is 2. The average Bonchev–Trinajstić information content (AvgIpc) is 2.29. The van der Waals surface area contributed by atoms with Crippen LogP contribution < -0.4 is 18.7 Å². The molecule has 1 heterocycles. The monoisotopic (exact) mass is 304 g/mol. The molecule has 0 N–H and O–H groups in total. The Morgan fingerprint density at radius 3 is 2.17 bits per heavy atom. The molecule has 0 aliphatic carbocycles. The first kappa shape index (κ1) is 16.8. The molecule has 7 heteroatoms. The fourth-order valence-corrected chi connectivity index (χ4v) is 1.31. The third-order valence-corrected chi connectivity index (χ3v) is 2.81. The van der Waals surface area contributed by atoms with Crippen LogP contribution in [0, 0.1) is 5.41 Å². The van der Waals surface area contributed by atoms with E-state index in [2.05, 4.69) is 9.97 Å². The normalized spacial score (nSPS) is 10.2. The van der Waals surface area contributed by atoms with E-state index in [0.29, 0.717) is 11.9 Å². The Kier molecular flexibility index (Phi) is 6.77. The third kappa shape index (κ3) is 5.91. The maximum absolute atomic E-state index is 9.91. The fraction of sp³-hybridized carbons (Fsp3) is 0.545. The fourth-order valence-electron chi connectivity index (χ4n) is 0.651. The molecular weight excluding hydrogens is 290 g/mol. The van der Waals surface area contributed by atoms with Gasteiger partial charge in [-0.05, 0) is 0 Å². The molecule has 0 atom stereocenters. The SMILES string of the molecule is CC(C)(C)C(=O)[O-].COc1nc[c]([Zn+])c(OC)n1. The van der Waals surface area contributed by atoms with Crippen LogP contribution in [0.2, 0.25) is 0 Å². The summed E-state index contributed by atoms with van der Waals surface area (Å²) in [6.07, 6.45) is 1.71. The summed E-state index contributed by atoms with van der Waals surface area (Å²) in [5.74, 6) is -0.399. The van der Waals surface area contributed by atoms with Gasteiger partial charge in [-0.15, -0.1) is 0 Å². The van der Waals surface area contributed by atoms with Gasteiger partial charge in [0.25, 0.3) is 0 Å². The predicted molar refractivity (Wildman–Crippen MR) is 59.2 cm³/mol. The van der Waals surface area contributed by atoms with Crippen molar-refractivity contribution < 1.29 is 37.7 Å². The van der Waals surface area contributed by atoms with Crippen molar-refractivity contribution in [3.63, 3.8) is 0 Å². The second-order valence-corrected chi connectivity index (χ2v) is 6.03. The van der Waals surface area contributed by atoms with Crippen molar-refractivity contribution in [3.05, 3.63) is 6.20 Å². The molecule has 1 aromatic heterocycles. The molecule has 0 radical (unpaired) electrons. The van der Waals surface area contributed by atoms with Gasteiger partial charge in [0.2, 0.25) is 0 Å². The van der Waals surface area contributed by atoms with Crippen LogP contribution in [0.5, 0.6) is 11.9 Å². The van der Waals surface area contributed by atoms with Crippen LogP contribution in [0.25, 0.3) is 0 Å². The molecule has 18 heavy (non-hydrogen) atoms. The number of ether oxygens (including phenoxy) is 2. The van der Waals surface area contributed by atoms with Crippen molar-refractivity contribution in [3.8, 4) is 11.9 Å². The van der Waals surface area contributed by atoms with Crippen molar-refractivity contribution in [1.82, 2.24) is 9.97 Å². The van der Waals surface area contributed by atoms with Gasteiger partial charge in [-0.3, -0.25) is 0 Å². The van der Waals surface area contributed by atoms with E-state index in [1.54, 1.807) is 34.1 Å². The summed E-state index contributed by atoms with van der Waals surface area (Å²) >= 11 is 0.979. The van der Waals surface area contributed by atoms with E-state index in [9.17, 15) is 9.90 Å². The molecule has 0 spiro atoms. The first-order valence-electron chi connectivity index (χ1n) is 5.20. The molecule has 0 saturated carbocycles. The summed E-state index contributed by atoms with van der Waals surface area (Å²) < 4.78 is 10.8. The Balaban J connectivity index is 0.000000360. The zero-order valence-electron chi connectivity index (χ0n) is 11.3. The Labute approximate surface area is 116 Å². The number of carbonyl (C=O) groups is 1. The third-order valence-electron chi connectivity index (χ3n) is 1.79. The van der Waals surface area contributed by atoms with Crippen LogP contribution in [0.15, 0.2) is 6.20 Å². The summed E-state index contributed by atoms with van der Waals surface area (Å²) in [5, 5.41) is 9.91. The molecule has 0 aliphatic rings. The number of carboxylic acid groups (broad SMARTS) is 1. The van der Waals surface area contributed by atoms with Crippen LogP contribution in [-0.4, -0.2) is 30.2 Å². The van der Waals surface area contributed by atoms with Gasteiger partial charge in [-0.25, -0.2) is 0 Å². The van der Waals surface area contributed by atoms with E-state index in [1.807, 2.05) is 0 Å². The van der Waals surface area contributed by atoms with E-state index in [-0.39, 0.29) is 0 Å². The van der Waals surface area contributed by atoms with Crippen LogP contribution in [0.3, 0.4) is 0 Å². The van der Waals surface area contributed by atoms with Gasteiger partial charge in [0, 0.05) is 11.4 Å². The molecule has 0 bridgehead atoms. The maximum atomic E-state index is 9.91. The van der Waals surface area contributed by atoms with Crippen LogP contribution in [-0.2, 0) is 23.1 Å².